The van der Waals surface area contributed by atoms with E-state index in [2.05, 4.69) is 10.6 Å². The maximum Gasteiger partial charge on any atom is 0.325 e. The molecule has 4 amide bonds. The number of imide groups is 1. The van der Waals surface area contributed by atoms with Gasteiger partial charge in [-0.25, -0.2) is 4.79 Å². The molecule has 2 aromatic carbocycles. The van der Waals surface area contributed by atoms with Gasteiger partial charge >= 0.3 is 6.03 Å². The number of nitrogens with one attached hydrogen (secondary N) is 2. The monoisotopic (exact) mass is 423 g/mol. The standard InChI is InChI=1S/C23H25N3O5/c1-13-9-14(2)20(15(3)10-13)24-19(27)12-26-21(28)23(4,25-22(26)29)16-5-6-17-18(11-16)31-8-7-30-17/h5-6,9-11H,7-8,12H2,1-4H3,(H,24,27)(H,25,29). The van der Waals surface area contributed by atoms with E-state index in [0.29, 0.717) is 36.0 Å². The van der Waals surface area contributed by atoms with Crippen LogP contribution in [0.1, 0.15) is 29.2 Å². The van der Waals surface area contributed by atoms with Crippen molar-refractivity contribution in [3.05, 3.63) is 52.6 Å². The number of fused-ring (bicyclic) bond motifs is 1. The van der Waals surface area contributed by atoms with Crippen molar-refractivity contribution in [3.8, 4) is 11.5 Å². The van der Waals surface area contributed by atoms with Crippen molar-refractivity contribution >= 4 is 23.5 Å². The summed E-state index contributed by atoms with van der Waals surface area (Å²) in [7, 11) is 0. The van der Waals surface area contributed by atoms with Gasteiger partial charge in [0.1, 0.15) is 25.3 Å². The molecule has 0 aliphatic carbocycles. The highest BCUT2D eigenvalue weighted by Gasteiger charge is 2.49. The first-order chi connectivity index (χ1) is 14.7. The van der Waals surface area contributed by atoms with Crippen molar-refractivity contribution in [1.29, 1.82) is 0 Å². The van der Waals surface area contributed by atoms with Crippen LogP contribution in [0.2, 0.25) is 0 Å². The van der Waals surface area contributed by atoms with Crippen LogP contribution in [0.3, 0.4) is 0 Å². The van der Waals surface area contributed by atoms with Gasteiger partial charge in [0, 0.05) is 5.69 Å². The number of nitrogens with zero attached hydrogens (tertiary/aromatic N) is 1. The molecular formula is C23H25N3O5. The first-order valence-electron chi connectivity index (χ1n) is 10.1. The fraction of sp³-hybridized carbons (Fsp3) is 0.348. The van der Waals surface area contributed by atoms with Crippen molar-refractivity contribution in [3.63, 3.8) is 0 Å². The first kappa shape index (κ1) is 20.7. The Morgan fingerprint density at radius 3 is 2.39 bits per heavy atom. The molecule has 2 aromatic rings. The molecular weight excluding hydrogens is 398 g/mol. The topological polar surface area (TPSA) is 97.0 Å². The molecule has 1 saturated heterocycles. The maximum atomic E-state index is 13.2. The molecule has 0 radical (unpaired) electrons. The minimum absolute atomic E-state index is 0.377. The van der Waals surface area contributed by atoms with Crippen LogP contribution in [0.25, 0.3) is 0 Å². The molecule has 31 heavy (non-hydrogen) atoms. The molecule has 8 heteroatoms. The van der Waals surface area contributed by atoms with Crippen LogP contribution in [-0.4, -0.2) is 42.5 Å². The van der Waals surface area contributed by atoms with Gasteiger partial charge in [0.25, 0.3) is 5.91 Å². The summed E-state index contributed by atoms with van der Waals surface area (Å²) >= 11 is 0. The molecule has 8 nitrogen and oxygen atoms in total. The molecule has 2 heterocycles. The predicted molar refractivity (Wildman–Crippen MR) is 114 cm³/mol. The second-order valence-corrected chi connectivity index (χ2v) is 8.13. The molecule has 0 saturated carbocycles. The smallest absolute Gasteiger partial charge is 0.325 e. The van der Waals surface area contributed by atoms with E-state index in [0.717, 1.165) is 21.6 Å². The van der Waals surface area contributed by atoms with E-state index >= 15 is 0 Å². The van der Waals surface area contributed by atoms with Gasteiger partial charge in [-0.05, 0) is 56.5 Å². The average molecular weight is 423 g/mol. The van der Waals surface area contributed by atoms with E-state index in [1.807, 2.05) is 32.9 Å². The zero-order chi connectivity index (χ0) is 22.3. The van der Waals surface area contributed by atoms with Gasteiger partial charge in [-0.3, -0.25) is 14.5 Å². The van der Waals surface area contributed by atoms with Crippen LogP contribution in [0.4, 0.5) is 10.5 Å². The molecule has 162 valence electrons. The molecule has 0 aromatic heterocycles. The molecule has 2 N–H and O–H groups in total. The van der Waals surface area contributed by atoms with Crippen molar-refractivity contribution in [2.45, 2.75) is 33.2 Å². The van der Waals surface area contributed by atoms with Crippen LogP contribution in [0.5, 0.6) is 11.5 Å². The number of aryl methyl sites for hydroxylation is 3. The van der Waals surface area contributed by atoms with Crippen LogP contribution < -0.4 is 20.1 Å². The number of anilines is 1. The Morgan fingerprint density at radius 2 is 1.71 bits per heavy atom. The zero-order valence-corrected chi connectivity index (χ0v) is 18.0. The van der Waals surface area contributed by atoms with Gasteiger partial charge in [-0.1, -0.05) is 23.8 Å². The number of carbonyl (C=O) groups excluding carboxylic acids is 3. The Morgan fingerprint density at radius 1 is 1.06 bits per heavy atom. The van der Waals surface area contributed by atoms with Gasteiger partial charge in [0.15, 0.2) is 11.5 Å². The summed E-state index contributed by atoms with van der Waals surface area (Å²) in [4.78, 5) is 39.4. The fourth-order valence-electron chi connectivity index (χ4n) is 4.09. The number of urea groups is 1. The van der Waals surface area contributed by atoms with E-state index in [1.54, 1.807) is 25.1 Å². The maximum absolute atomic E-state index is 13.2. The summed E-state index contributed by atoms with van der Waals surface area (Å²) in [6.45, 7) is 7.91. The van der Waals surface area contributed by atoms with E-state index in [9.17, 15) is 14.4 Å². The number of carbonyl (C=O) groups is 3. The quantitative estimate of drug-likeness (QED) is 0.737. The van der Waals surface area contributed by atoms with Crippen LogP contribution in [-0.2, 0) is 15.1 Å². The van der Waals surface area contributed by atoms with Gasteiger partial charge in [0.05, 0.1) is 0 Å². The lowest BCUT2D eigenvalue weighted by Gasteiger charge is -2.25. The number of hydrogen-bond donors (Lipinski definition) is 2. The summed E-state index contributed by atoms with van der Waals surface area (Å²) in [5.41, 5.74) is 2.88. The molecule has 2 aliphatic rings. The highest BCUT2D eigenvalue weighted by Crippen LogP contribution is 2.36. The minimum atomic E-state index is -1.30. The van der Waals surface area contributed by atoms with Crippen LogP contribution in [0.15, 0.2) is 30.3 Å². The Labute approximate surface area is 180 Å². The second kappa shape index (κ2) is 7.61. The number of hydrogen-bond acceptors (Lipinski definition) is 5. The Bertz CT molecular complexity index is 1070. The normalized spacial score (nSPS) is 19.9. The lowest BCUT2D eigenvalue weighted by atomic mass is 9.91. The van der Waals surface area contributed by atoms with Crippen molar-refractivity contribution in [2.75, 3.05) is 25.1 Å². The average Bonchev–Trinajstić information content (AvgIpc) is 2.94. The molecule has 4 rings (SSSR count). The zero-order valence-electron chi connectivity index (χ0n) is 18.0. The number of rotatable bonds is 4. The largest absolute Gasteiger partial charge is 0.486 e. The van der Waals surface area contributed by atoms with Gasteiger partial charge in [-0.15, -0.1) is 0 Å². The highest BCUT2D eigenvalue weighted by atomic mass is 16.6. The summed E-state index contributed by atoms with van der Waals surface area (Å²) in [6.07, 6.45) is 0. The van der Waals surface area contributed by atoms with E-state index in [-0.39, 0.29) is 6.54 Å². The molecule has 0 spiro atoms. The first-order valence-corrected chi connectivity index (χ1v) is 10.1. The Kier molecular flexibility index (Phi) is 5.08. The third kappa shape index (κ3) is 3.69. The summed E-state index contributed by atoms with van der Waals surface area (Å²) in [5.74, 6) is 0.177. The van der Waals surface area contributed by atoms with Crippen LogP contribution >= 0.6 is 0 Å². The summed E-state index contributed by atoms with van der Waals surface area (Å²) in [5, 5.41) is 5.55. The molecule has 0 bridgehead atoms. The molecule has 1 unspecified atom stereocenters. The third-order valence-corrected chi connectivity index (χ3v) is 5.64. The van der Waals surface area contributed by atoms with Gasteiger partial charge in [0.2, 0.25) is 5.91 Å². The summed E-state index contributed by atoms with van der Waals surface area (Å²) in [6, 6.07) is 8.44. The van der Waals surface area contributed by atoms with Gasteiger partial charge in [-0.2, -0.15) is 0 Å². The SMILES string of the molecule is Cc1cc(C)c(NC(=O)CN2C(=O)NC(C)(c3ccc4c(c3)OCCO4)C2=O)c(C)c1. The Balaban J connectivity index is 1.53. The van der Waals surface area contributed by atoms with Crippen molar-refractivity contribution in [2.24, 2.45) is 0 Å². The van der Waals surface area contributed by atoms with E-state index in [1.165, 1.54) is 0 Å². The van der Waals surface area contributed by atoms with E-state index in [4.69, 9.17) is 9.47 Å². The lowest BCUT2D eigenvalue weighted by molar-refractivity contribution is -0.133. The molecule has 1 fully saturated rings. The number of benzene rings is 2. The Hall–Kier alpha value is -3.55. The van der Waals surface area contributed by atoms with E-state index < -0.39 is 23.4 Å². The molecule has 2 aliphatic heterocycles. The fourth-order valence-corrected chi connectivity index (χ4v) is 4.09. The lowest BCUT2D eigenvalue weighted by Crippen LogP contribution is -2.42. The third-order valence-electron chi connectivity index (χ3n) is 5.64. The molecule has 1 atom stereocenters. The number of ether oxygens (including phenoxy) is 2. The number of amides is 4. The minimum Gasteiger partial charge on any atom is -0.486 e. The van der Waals surface area contributed by atoms with Crippen LogP contribution in [0, 0.1) is 20.8 Å². The van der Waals surface area contributed by atoms with Gasteiger partial charge < -0.3 is 20.1 Å². The van der Waals surface area contributed by atoms with Crippen molar-refractivity contribution < 1.29 is 23.9 Å². The highest BCUT2D eigenvalue weighted by molar-refractivity contribution is 6.10. The van der Waals surface area contributed by atoms with Crippen molar-refractivity contribution in [1.82, 2.24) is 10.2 Å². The predicted octanol–water partition coefficient (Wildman–Crippen LogP) is 2.79. The second-order valence-electron chi connectivity index (χ2n) is 8.13. The summed E-state index contributed by atoms with van der Waals surface area (Å²) < 4.78 is 11.1.